The predicted molar refractivity (Wildman–Crippen MR) is 147 cm³/mol. The Hall–Kier alpha value is -2.92. The molecule has 4 heterocycles. The van der Waals surface area contributed by atoms with Crippen LogP contribution < -0.4 is 0 Å². The molecule has 1 N–H and O–H groups in total. The maximum absolute atomic E-state index is 14.6. The van der Waals surface area contributed by atoms with Crippen molar-refractivity contribution in [1.82, 2.24) is 24.8 Å². The molecule has 3 aliphatic heterocycles. The fraction of sp³-hybridized carbons (Fsp3) is 0.607. The van der Waals surface area contributed by atoms with Crippen LogP contribution in [0, 0.1) is 17.8 Å². The van der Waals surface area contributed by atoms with E-state index in [9.17, 15) is 19.5 Å². The number of para-hydroxylation sites is 1. The van der Waals surface area contributed by atoms with E-state index in [1.54, 1.807) is 39.2 Å². The molecule has 1 spiro atoms. The first-order chi connectivity index (χ1) is 18.8. The molecule has 1 aromatic carbocycles. The van der Waals surface area contributed by atoms with Gasteiger partial charge >= 0.3 is 5.97 Å². The van der Waals surface area contributed by atoms with Gasteiger partial charge in [-0.2, -0.15) is 0 Å². The minimum atomic E-state index is -0.824. The first-order valence-corrected chi connectivity index (χ1v) is 14.6. The Morgan fingerprint density at radius 1 is 1.36 bits per heavy atom. The lowest BCUT2D eigenvalue weighted by molar-refractivity contribution is -0.154. The number of rotatable bonds is 11. The lowest BCUT2D eigenvalue weighted by Gasteiger charge is -2.40. The Morgan fingerprint density at radius 2 is 2.13 bits per heavy atom. The lowest BCUT2D eigenvalue weighted by atomic mass is 9.71. The van der Waals surface area contributed by atoms with Gasteiger partial charge in [0.05, 0.1) is 41.4 Å². The minimum Gasteiger partial charge on any atom is -0.466 e. The molecule has 2 unspecified atom stereocenters. The summed E-state index contributed by atoms with van der Waals surface area (Å²) in [5.41, 5.74) is 1.51. The van der Waals surface area contributed by atoms with Crippen molar-refractivity contribution in [2.24, 2.45) is 17.8 Å². The van der Waals surface area contributed by atoms with Gasteiger partial charge in [0.2, 0.25) is 11.8 Å². The molecule has 0 saturated carbocycles. The van der Waals surface area contributed by atoms with Gasteiger partial charge in [-0.25, -0.2) is 4.68 Å². The van der Waals surface area contributed by atoms with E-state index >= 15 is 0 Å². The first kappa shape index (κ1) is 27.6. The molecule has 3 fully saturated rings. The van der Waals surface area contributed by atoms with Gasteiger partial charge in [0.15, 0.2) is 0 Å². The zero-order valence-corrected chi connectivity index (χ0v) is 23.5. The highest BCUT2D eigenvalue weighted by molar-refractivity contribution is 8.02. The van der Waals surface area contributed by atoms with E-state index in [0.717, 1.165) is 17.5 Å². The highest BCUT2D eigenvalue weighted by atomic mass is 32.2. The number of carbonyl (C=O) groups excluding carboxylic acids is 3. The van der Waals surface area contributed by atoms with Gasteiger partial charge in [-0.3, -0.25) is 14.4 Å². The molecule has 3 saturated heterocycles. The van der Waals surface area contributed by atoms with Crippen molar-refractivity contribution < 1.29 is 24.2 Å². The van der Waals surface area contributed by atoms with Crippen LogP contribution in [0.25, 0.3) is 11.0 Å². The molecule has 210 valence electrons. The number of thioether (sulfide) groups is 1. The van der Waals surface area contributed by atoms with Crippen LogP contribution in [0.1, 0.15) is 40.0 Å². The molecule has 1 aromatic heterocycles. The van der Waals surface area contributed by atoms with Crippen LogP contribution in [0.4, 0.5) is 0 Å². The summed E-state index contributed by atoms with van der Waals surface area (Å²) < 4.78 is 6.32. The molecule has 6 atom stereocenters. The second-order valence-electron chi connectivity index (χ2n) is 11.1. The van der Waals surface area contributed by atoms with Gasteiger partial charge in [-0.1, -0.05) is 37.3 Å². The number of benzene rings is 1. The Bertz CT molecular complexity index is 1270. The number of aliphatic hydroxyl groups is 1. The number of hydrogen-bond acceptors (Lipinski definition) is 8. The van der Waals surface area contributed by atoms with E-state index in [2.05, 4.69) is 16.9 Å². The van der Waals surface area contributed by atoms with Crippen LogP contribution in [-0.4, -0.2) is 89.5 Å². The van der Waals surface area contributed by atoms with E-state index in [0.29, 0.717) is 12.8 Å². The quantitative estimate of drug-likeness (QED) is 0.332. The number of carbonyl (C=O) groups is 3. The number of fused-ring (bicyclic) bond motifs is 2. The van der Waals surface area contributed by atoms with Crippen molar-refractivity contribution in [1.29, 1.82) is 0 Å². The fourth-order valence-corrected chi connectivity index (χ4v) is 9.01. The predicted octanol–water partition coefficient (Wildman–Crippen LogP) is 2.46. The van der Waals surface area contributed by atoms with Gasteiger partial charge in [-0.15, -0.1) is 23.4 Å². The molecule has 2 amide bonds. The Kier molecular flexibility index (Phi) is 7.74. The Morgan fingerprint density at radius 3 is 2.82 bits per heavy atom. The van der Waals surface area contributed by atoms with Gasteiger partial charge in [0.25, 0.3) is 0 Å². The third kappa shape index (κ3) is 4.53. The van der Waals surface area contributed by atoms with Crippen molar-refractivity contribution in [3.05, 3.63) is 36.9 Å². The standard InChI is InChI=1S/C28H37N5O5S/c1-5-13-31(16-32-20-10-8-7-9-19(20)29-30-32)26(36)24-28-12-11-21(39-28)22(27(37)38-6-2)23(28)25(35)33(24)18(15-34)14-17(3)4/h5,7-10,17-18,21-24,34H,1,6,11-16H2,2-4H3/t18-,21+,22-,23+,24?,28?/m1/s1. The number of likely N-dealkylation sites (tertiary alicyclic amines) is 1. The summed E-state index contributed by atoms with van der Waals surface area (Å²) in [4.78, 5) is 45.2. The number of esters is 1. The number of nitrogens with zero attached hydrogens (tertiary/aromatic N) is 5. The van der Waals surface area contributed by atoms with Crippen LogP contribution in [-0.2, 0) is 25.8 Å². The normalized spacial score (nSPS) is 28.2. The topological polar surface area (TPSA) is 118 Å². The molecule has 0 radical (unpaired) electrons. The number of ether oxygens (including phenoxy) is 1. The molecular weight excluding hydrogens is 518 g/mol. The summed E-state index contributed by atoms with van der Waals surface area (Å²) in [5, 5.41) is 18.9. The monoisotopic (exact) mass is 555 g/mol. The maximum Gasteiger partial charge on any atom is 0.310 e. The summed E-state index contributed by atoms with van der Waals surface area (Å²) in [6.45, 7) is 10.0. The van der Waals surface area contributed by atoms with Gasteiger partial charge in [0.1, 0.15) is 18.2 Å². The summed E-state index contributed by atoms with van der Waals surface area (Å²) in [5.74, 6) is -1.89. The SMILES string of the molecule is C=CCN(Cn1nnc2ccccc21)C(=O)C1N([C@@H](CO)CC(C)C)C(=O)[C@@H]2[C@H](C(=O)OCC)[C@@H]3CCC12S3. The van der Waals surface area contributed by atoms with E-state index < -0.39 is 28.7 Å². The Labute approximate surface area is 232 Å². The van der Waals surface area contributed by atoms with E-state index in [1.807, 2.05) is 38.1 Å². The number of amides is 2. The molecule has 10 nitrogen and oxygen atoms in total. The van der Waals surface area contributed by atoms with Crippen LogP contribution in [0.3, 0.4) is 0 Å². The first-order valence-electron chi connectivity index (χ1n) is 13.7. The average Bonchev–Trinajstić information content (AvgIpc) is 3.66. The molecule has 39 heavy (non-hydrogen) atoms. The summed E-state index contributed by atoms with van der Waals surface area (Å²) in [7, 11) is 0. The highest BCUT2D eigenvalue weighted by Crippen LogP contribution is 2.67. The Balaban J connectivity index is 1.56. The number of aromatic nitrogens is 3. The van der Waals surface area contributed by atoms with E-state index in [4.69, 9.17) is 4.74 Å². The van der Waals surface area contributed by atoms with Crippen LogP contribution in [0.15, 0.2) is 36.9 Å². The zero-order valence-electron chi connectivity index (χ0n) is 22.7. The second-order valence-corrected chi connectivity index (χ2v) is 12.7. The molecule has 2 aromatic rings. The van der Waals surface area contributed by atoms with Crippen molar-refractivity contribution in [2.75, 3.05) is 19.8 Å². The van der Waals surface area contributed by atoms with Crippen LogP contribution >= 0.6 is 11.8 Å². The lowest BCUT2D eigenvalue weighted by Crippen LogP contribution is -2.57. The summed E-state index contributed by atoms with van der Waals surface area (Å²) >= 11 is 1.60. The molecule has 11 heteroatoms. The zero-order chi connectivity index (χ0) is 27.9. The van der Waals surface area contributed by atoms with E-state index in [-0.39, 0.29) is 55.4 Å². The molecular formula is C28H37N5O5S. The van der Waals surface area contributed by atoms with Gasteiger partial charge in [0, 0.05) is 11.8 Å². The largest absolute Gasteiger partial charge is 0.466 e. The molecule has 5 rings (SSSR count). The van der Waals surface area contributed by atoms with Gasteiger partial charge in [-0.05, 0) is 44.2 Å². The third-order valence-electron chi connectivity index (χ3n) is 8.26. The second kappa shape index (κ2) is 10.9. The number of aliphatic hydroxyl groups excluding tert-OH is 1. The average molecular weight is 556 g/mol. The highest BCUT2D eigenvalue weighted by Gasteiger charge is 2.74. The molecule has 2 bridgehead atoms. The fourth-order valence-electron chi connectivity index (χ4n) is 6.82. The van der Waals surface area contributed by atoms with Crippen molar-refractivity contribution in [3.63, 3.8) is 0 Å². The summed E-state index contributed by atoms with van der Waals surface area (Å²) in [6, 6.07) is 6.17. The smallest absolute Gasteiger partial charge is 0.310 e. The van der Waals surface area contributed by atoms with Crippen molar-refractivity contribution in [2.45, 2.75) is 68.8 Å². The number of hydrogen-bond donors (Lipinski definition) is 1. The minimum absolute atomic E-state index is 0.0692. The van der Waals surface area contributed by atoms with Crippen molar-refractivity contribution >= 4 is 40.6 Å². The molecule has 3 aliphatic rings. The van der Waals surface area contributed by atoms with Crippen LogP contribution in [0.5, 0.6) is 0 Å². The van der Waals surface area contributed by atoms with Crippen LogP contribution in [0.2, 0.25) is 0 Å². The maximum atomic E-state index is 14.6. The third-order valence-corrected chi connectivity index (χ3v) is 10.2. The summed E-state index contributed by atoms with van der Waals surface area (Å²) in [6.07, 6.45) is 3.59. The molecule has 0 aliphatic carbocycles. The van der Waals surface area contributed by atoms with E-state index in [1.165, 1.54) is 0 Å². The van der Waals surface area contributed by atoms with Crippen molar-refractivity contribution in [3.8, 4) is 0 Å². The van der Waals surface area contributed by atoms with Gasteiger partial charge < -0.3 is 19.6 Å².